The molecule has 0 radical (unpaired) electrons. The first-order valence-corrected chi connectivity index (χ1v) is 12.8. The van der Waals surface area contributed by atoms with E-state index in [-0.39, 0.29) is 23.4 Å². The second kappa shape index (κ2) is 8.88. The molecular weight excluding hydrogens is 406 g/mol. The Morgan fingerprint density at radius 2 is 1.58 bits per heavy atom. The predicted molar refractivity (Wildman–Crippen MR) is 134 cm³/mol. The van der Waals surface area contributed by atoms with Crippen molar-refractivity contribution in [1.82, 2.24) is 9.80 Å². The molecule has 4 bridgehead atoms. The van der Waals surface area contributed by atoms with Crippen molar-refractivity contribution in [2.45, 2.75) is 57.7 Å². The van der Waals surface area contributed by atoms with E-state index in [0.29, 0.717) is 23.8 Å². The van der Waals surface area contributed by atoms with Crippen molar-refractivity contribution in [2.75, 3.05) is 19.6 Å². The fourth-order valence-corrected chi connectivity index (χ4v) is 7.71. The van der Waals surface area contributed by atoms with Crippen LogP contribution in [-0.2, 0) is 17.6 Å². The van der Waals surface area contributed by atoms with E-state index >= 15 is 0 Å². The summed E-state index contributed by atoms with van der Waals surface area (Å²) in [6, 6.07) is 22.6. The van der Waals surface area contributed by atoms with Crippen LogP contribution in [0.15, 0.2) is 60.7 Å². The molecule has 4 heteroatoms. The van der Waals surface area contributed by atoms with Gasteiger partial charge >= 0.3 is 0 Å². The van der Waals surface area contributed by atoms with E-state index in [1.165, 1.54) is 11.1 Å². The topological polar surface area (TPSA) is 49.6 Å². The van der Waals surface area contributed by atoms with Gasteiger partial charge in [-0.05, 0) is 54.7 Å². The minimum Gasteiger partial charge on any atom is -0.369 e. The minimum atomic E-state index is -0.0896. The van der Waals surface area contributed by atoms with Gasteiger partial charge in [-0.2, -0.15) is 0 Å². The molecule has 1 saturated carbocycles. The number of rotatable bonds is 8. The average molecular weight is 446 g/mol. The van der Waals surface area contributed by atoms with Crippen LogP contribution < -0.4 is 5.73 Å². The lowest BCUT2D eigenvalue weighted by atomic mass is 9.61. The molecule has 2 aromatic carbocycles. The lowest BCUT2D eigenvalue weighted by Crippen LogP contribution is -2.65. The van der Waals surface area contributed by atoms with Gasteiger partial charge in [0.2, 0.25) is 5.91 Å². The van der Waals surface area contributed by atoms with Gasteiger partial charge in [-0.1, -0.05) is 81.4 Å². The molecule has 3 saturated heterocycles. The molecule has 33 heavy (non-hydrogen) atoms. The molecule has 3 aliphatic heterocycles. The molecule has 6 rings (SSSR count). The summed E-state index contributed by atoms with van der Waals surface area (Å²) < 4.78 is 0. The third kappa shape index (κ3) is 3.81. The number of primary amides is 1. The van der Waals surface area contributed by atoms with Gasteiger partial charge in [0.25, 0.3) is 0 Å². The van der Waals surface area contributed by atoms with E-state index in [0.717, 1.165) is 38.9 Å². The first-order valence-electron chi connectivity index (χ1n) is 12.8. The number of amides is 1. The summed E-state index contributed by atoms with van der Waals surface area (Å²) in [5.74, 6) is 1.30. The number of hydrogen-bond donors (Lipinski definition) is 1. The van der Waals surface area contributed by atoms with E-state index in [4.69, 9.17) is 5.73 Å². The molecule has 4 aliphatic rings. The number of likely N-dealkylation sites (N-methyl/N-ethyl adjacent to an activating group) is 1. The Labute approximate surface area is 199 Å². The van der Waals surface area contributed by atoms with E-state index in [2.05, 4.69) is 91.2 Å². The zero-order valence-electron chi connectivity index (χ0n) is 20.4. The Bertz CT molecular complexity index is 918. The van der Waals surface area contributed by atoms with Gasteiger partial charge in [-0.3, -0.25) is 14.6 Å². The third-order valence-electron chi connectivity index (χ3n) is 8.71. The number of benzene rings is 2. The van der Waals surface area contributed by atoms with Crippen LogP contribution in [0.5, 0.6) is 0 Å². The highest BCUT2D eigenvalue weighted by molar-refractivity contribution is 5.78. The predicted octanol–water partition coefficient (Wildman–Crippen LogP) is 3.99. The molecule has 4 fully saturated rings. The fourth-order valence-electron chi connectivity index (χ4n) is 7.71. The number of nitrogens with zero attached hydrogens (tertiary/aromatic N) is 2. The van der Waals surface area contributed by atoms with Crippen molar-refractivity contribution < 1.29 is 4.79 Å². The van der Waals surface area contributed by atoms with Crippen LogP contribution in [0.4, 0.5) is 0 Å². The monoisotopic (exact) mass is 445 g/mol. The third-order valence-corrected chi connectivity index (χ3v) is 8.71. The zero-order chi connectivity index (χ0) is 23.2. The minimum absolute atomic E-state index is 0.0153. The normalized spacial score (nSPS) is 30.7. The van der Waals surface area contributed by atoms with Crippen molar-refractivity contribution in [1.29, 1.82) is 0 Å². The van der Waals surface area contributed by atoms with Crippen LogP contribution in [0, 0.1) is 23.7 Å². The summed E-state index contributed by atoms with van der Waals surface area (Å²) >= 11 is 0. The zero-order valence-corrected chi connectivity index (χ0v) is 20.4. The number of likely N-dealkylation sites (tertiary alicyclic amines) is 1. The van der Waals surface area contributed by atoms with Crippen molar-refractivity contribution in [3.63, 3.8) is 0 Å². The van der Waals surface area contributed by atoms with Crippen LogP contribution in [-0.4, -0.2) is 53.0 Å². The Balaban J connectivity index is 1.67. The largest absolute Gasteiger partial charge is 0.369 e. The fraction of sp³-hybridized carbons (Fsp3) is 0.552. The highest BCUT2D eigenvalue weighted by Crippen LogP contribution is 2.58. The van der Waals surface area contributed by atoms with Crippen LogP contribution in [0.2, 0.25) is 0 Å². The van der Waals surface area contributed by atoms with Gasteiger partial charge in [-0.25, -0.2) is 0 Å². The van der Waals surface area contributed by atoms with Crippen LogP contribution >= 0.6 is 0 Å². The number of nitrogens with two attached hydrogens (primary N) is 1. The second-order valence-corrected chi connectivity index (χ2v) is 11.1. The van der Waals surface area contributed by atoms with E-state index in [1.807, 2.05) is 0 Å². The molecule has 2 aromatic rings. The molecule has 5 atom stereocenters. The summed E-state index contributed by atoms with van der Waals surface area (Å²) in [5, 5.41) is 0. The molecule has 5 unspecified atom stereocenters. The van der Waals surface area contributed by atoms with Gasteiger partial charge in [0.05, 0.1) is 5.92 Å². The van der Waals surface area contributed by atoms with Gasteiger partial charge in [0, 0.05) is 30.7 Å². The van der Waals surface area contributed by atoms with E-state index in [1.54, 1.807) is 0 Å². The maximum Gasteiger partial charge on any atom is 0.222 e. The number of fused-ring (bicyclic) bond motifs is 1. The van der Waals surface area contributed by atoms with Crippen molar-refractivity contribution >= 4 is 5.91 Å². The molecule has 4 nitrogen and oxygen atoms in total. The number of hydrogen-bond acceptors (Lipinski definition) is 3. The van der Waals surface area contributed by atoms with Gasteiger partial charge in [0.15, 0.2) is 0 Å². The van der Waals surface area contributed by atoms with Crippen LogP contribution in [0.3, 0.4) is 0 Å². The maximum absolute atomic E-state index is 12.9. The molecule has 0 aromatic heterocycles. The van der Waals surface area contributed by atoms with E-state index in [9.17, 15) is 4.79 Å². The van der Waals surface area contributed by atoms with Crippen LogP contribution in [0.1, 0.15) is 38.3 Å². The van der Waals surface area contributed by atoms with Crippen LogP contribution in [0.25, 0.3) is 0 Å². The number of carbonyl (C=O) groups is 1. The average Bonchev–Trinajstić information content (AvgIpc) is 3.00. The van der Waals surface area contributed by atoms with Crippen molar-refractivity contribution in [3.8, 4) is 0 Å². The van der Waals surface area contributed by atoms with Crippen molar-refractivity contribution in [3.05, 3.63) is 71.8 Å². The molecule has 0 spiro atoms. The molecule has 1 amide bonds. The smallest absolute Gasteiger partial charge is 0.222 e. The lowest BCUT2D eigenvalue weighted by molar-refractivity contribution is -0.134. The molecule has 2 N–H and O–H groups in total. The van der Waals surface area contributed by atoms with Gasteiger partial charge < -0.3 is 5.73 Å². The second-order valence-electron chi connectivity index (χ2n) is 11.1. The summed E-state index contributed by atoms with van der Waals surface area (Å²) in [7, 11) is 0. The Hall–Kier alpha value is -2.17. The summed E-state index contributed by atoms with van der Waals surface area (Å²) in [4.78, 5) is 18.3. The Kier molecular flexibility index (Phi) is 6.09. The Morgan fingerprint density at radius 1 is 1.00 bits per heavy atom. The quantitative estimate of drug-likeness (QED) is 0.668. The van der Waals surface area contributed by atoms with Gasteiger partial charge in [0.1, 0.15) is 0 Å². The lowest BCUT2D eigenvalue weighted by Gasteiger charge is -2.53. The maximum atomic E-state index is 12.9. The SMILES string of the molecule is CCN1CC2CC3C1C(C2C(N)=O)N(CC(C)C)C3(Cc1ccccc1)Cc1ccccc1. The highest BCUT2D eigenvalue weighted by Gasteiger charge is 2.68. The number of piperidine rings is 2. The number of carbonyl (C=O) groups excluding carboxylic acids is 1. The van der Waals surface area contributed by atoms with E-state index < -0.39 is 0 Å². The summed E-state index contributed by atoms with van der Waals surface area (Å²) in [6.07, 6.45) is 3.14. The molecular formula is C29H39N3O. The summed E-state index contributed by atoms with van der Waals surface area (Å²) in [6.45, 7) is 9.97. The standard InChI is InChI=1S/C29H39N3O/c1-4-31-19-23-15-24-26(31)27(25(23)28(30)33)32(18-20(2)3)29(24,16-21-11-7-5-8-12-21)17-22-13-9-6-10-14-22/h5-14,20,23-27H,4,15-19H2,1-3H3,(H2,30,33). The summed E-state index contributed by atoms with van der Waals surface area (Å²) in [5.41, 5.74) is 8.90. The van der Waals surface area contributed by atoms with Gasteiger partial charge in [-0.15, -0.1) is 0 Å². The molecule has 1 aliphatic carbocycles. The Morgan fingerprint density at radius 3 is 2.06 bits per heavy atom. The van der Waals surface area contributed by atoms with Crippen molar-refractivity contribution in [2.24, 2.45) is 29.4 Å². The molecule has 176 valence electrons. The first kappa shape index (κ1) is 22.6. The molecule has 3 heterocycles. The first-order chi connectivity index (χ1) is 15.9. The highest BCUT2D eigenvalue weighted by atomic mass is 16.1.